The highest BCUT2D eigenvalue weighted by Gasteiger charge is 2.51. The lowest BCUT2D eigenvalue weighted by molar-refractivity contribution is -0.301. The molecule has 0 amide bonds. The predicted octanol–water partition coefficient (Wildman–Crippen LogP) is -17.8. The lowest BCUT2D eigenvalue weighted by atomic mass is 9.99. The van der Waals surface area contributed by atoms with Gasteiger partial charge in [-0.05, 0) is 0 Å². The Kier molecular flexibility index (Phi) is 39.8. The van der Waals surface area contributed by atoms with Gasteiger partial charge in [0.05, 0.1) is 209 Å². The van der Waals surface area contributed by atoms with Crippen LogP contribution in [0.3, 0.4) is 0 Å². The van der Waals surface area contributed by atoms with Crippen molar-refractivity contribution in [2.45, 2.75) is 288 Å². The molecule has 746 valence electrons. The van der Waals surface area contributed by atoms with Crippen molar-refractivity contribution >= 4 is 0 Å². The quantitative estimate of drug-likeness (QED) is 0.0169. The summed E-state index contributed by atoms with van der Waals surface area (Å²) in [6.07, 6.45) is -45.0. The predicted molar refractivity (Wildman–Crippen MR) is 412 cm³/mol. The minimum Gasteiger partial charge on any atom is -0.394 e. The van der Waals surface area contributed by atoms with E-state index in [0.29, 0.717) is 0 Å². The third-order valence-electron chi connectivity index (χ3n) is 22.1. The molecule has 12 rings (SSSR count). The largest absolute Gasteiger partial charge is 0.394 e. The second kappa shape index (κ2) is 50.5. The van der Waals surface area contributed by atoms with Crippen LogP contribution in [0.4, 0.5) is 0 Å². The molecule has 24 N–H and O–H groups in total. The molecule has 6 aromatic rings. The normalized spacial score (nSPS) is 34.0. The maximum absolute atomic E-state index is 10.8. The molecule has 6 fully saturated rings. The molecule has 0 radical (unpaired) electrons. The van der Waals surface area contributed by atoms with Gasteiger partial charge in [0.15, 0.2) is 37.7 Å². The summed E-state index contributed by atoms with van der Waals surface area (Å²) in [6.45, 7) is -10.0. The topological polar surface area (TPSA) is 836 Å². The molecule has 34 atom stereocenters. The molecule has 60 nitrogen and oxygen atoms in total. The first-order valence-corrected chi connectivity index (χ1v) is 42.1. The summed E-state index contributed by atoms with van der Waals surface area (Å²) in [5.74, 6) is 0. The molecule has 0 saturated carbocycles. The van der Waals surface area contributed by atoms with Crippen LogP contribution in [-0.4, -0.2) is 514 Å². The van der Waals surface area contributed by atoms with Gasteiger partial charge in [-0.1, -0.05) is 31.3 Å². The summed E-state index contributed by atoms with van der Waals surface area (Å²) in [6, 6.07) is 0. The van der Waals surface area contributed by atoms with Crippen molar-refractivity contribution in [3.05, 3.63) is 71.3 Å². The molecule has 6 aliphatic rings. The molecule has 12 heterocycles. The second-order valence-electron chi connectivity index (χ2n) is 31.5. The van der Waals surface area contributed by atoms with Gasteiger partial charge in [0.25, 0.3) is 0 Å². The minimum absolute atomic E-state index is 0.0511. The first kappa shape index (κ1) is 104. The molecule has 60 heteroatoms. The number of aliphatic hydroxyl groups is 24. The average molecular weight is 1910 g/mol. The Hall–Kier alpha value is -6.84. The summed E-state index contributed by atoms with van der Waals surface area (Å²) in [7, 11) is 0. The summed E-state index contributed by atoms with van der Waals surface area (Å²) in [4.78, 5) is 0. The van der Waals surface area contributed by atoms with E-state index in [1.807, 2.05) is 0 Å². The van der Waals surface area contributed by atoms with E-state index >= 15 is 0 Å². The highest BCUT2D eigenvalue weighted by Crippen LogP contribution is 2.31. The van der Waals surface area contributed by atoms with Crippen molar-refractivity contribution in [2.75, 3.05) is 92.5 Å². The van der Waals surface area contributed by atoms with Crippen LogP contribution < -0.4 is 0 Å². The van der Waals surface area contributed by atoms with Gasteiger partial charge >= 0.3 is 0 Å². The molecule has 6 aromatic heterocycles. The van der Waals surface area contributed by atoms with Gasteiger partial charge in [-0.25, -0.2) is 28.1 Å². The zero-order valence-corrected chi connectivity index (χ0v) is 70.6. The van der Waals surface area contributed by atoms with Crippen molar-refractivity contribution in [1.29, 1.82) is 0 Å². The molecule has 0 aliphatic carbocycles. The summed E-state index contributed by atoms with van der Waals surface area (Å²) < 4.78 is 116. The zero-order chi connectivity index (χ0) is 94.4. The molecular weight excluding hydrogens is 1790 g/mol. The zero-order valence-electron chi connectivity index (χ0n) is 70.6. The van der Waals surface area contributed by atoms with Crippen LogP contribution >= 0.6 is 0 Å². The maximum atomic E-state index is 10.8. The van der Waals surface area contributed by atoms with Crippen molar-refractivity contribution in [3.63, 3.8) is 0 Å². The Morgan fingerprint density at radius 2 is 0.409 bits per heavy atom. The van der Waals surface area contributed by atoms with Gasteiger partial charge in [0.1, 0.15) is 205 Å². The van der Waals surface area contributed by atoms with E-state index in [1.54, 1.807) is 0 Å². The van der Waals surface area contributed by atoms with E-state index in [2.05, 4.69) is 61.9 Å². The Morgan fingerprint density at radius 3 is 0.591 bits per heavy atom. The van der Waals surface area contributed by atoms with Gasteiger partial charge in [-0.15, -0.1) is 30.6 Å². The van der Waals surface area contributed by atoms with Gasteiger partial charge in [-0.2, -0.15) is 0 Å². The Morgan fingerprint density at radius 1 is 0.235 bits per heavy atom. The van der Waals surface area contributed by atoms with Crippen LogP contribution in [0, 0.1) is 0 Å². The highest BCUT2D eigenvalue weighted by molar-refractivity contribution is 5.01. The van der Waals surface area contributed by atoms with Crippen LogP contribution in [0.15, 0.2) is 37.2 Å². The molecular formula is C72H116N18O42. The van der Waals surface area contributed by atoms with Crippen LogP contribution in [0.1, 0.15) is 34.2 Å². The van der Waals surface area contributed by atoms with Crippen LogP contribution in [0.2, 0.25) is 0 Å². The van der Waals surface area contributed by atoms with E-state index in [4.69, 9.17) is 85.3 Å². The van der Waals surface area contributed by atoms with Crippen molar-refractivity contribution in [3.8, 4) is 0 Å². The average Bonchev–Trinajstić information content (AvgIpc) is 1.84. The van der Waals surface area contributed by atoms with Gasteiger partial charge in [-0.3, -0.25) is 0 Å². The first-order valence-electron chi connectivity index (χ1n) is 42.1. The van der Waals surface area contributed by atoms with Gasteiger partial charge in [0, 0.05) is 0 Å². The van der Waals surface area contributed by atoms with Crippen LogP contribution in [0.25, 0.3) is 0 Å². The standard InChI is InChI=1S/C72H116N18O42/c91-19-39-47(97)53(103)59(109)67(127-39)117-7-1-85-13-33(73-79-85)25-115-31-45(123-27-35-15-87(81-75-35)3-9-119-69-61(111)55(105)49(99)41(21-93)129-69)65(125-29-37-17-89(83-77-37)5-11-121-71-63(113)57(107)51(101)43(23-95)131-71)66(126-30-38-18-90(84-78-38)6-12-122-72-64(114)58(108)52(102)44(24-96)132-72)46(124-28-36-16-88(82-76-36)4-10-120-70-62(112)56(106)50(100)42(22-94)130-70)32-116-26-34-14-86(80-74-34)2-8-118-68-60(110)54(104)48(98)40(20-92)128-68/h13-18,39-72,91-114H,1-12,19-32H2/t39-,40-,41-,42-,43-,44-,45-,46-,47-,48-,49-,50-,51-,52-,53+,54+,55+,56+,57+,58+,59+,60+,61+,62+,63+,64+,65-,66-,67+,68+,69+,70+,71+,72+/m1/s1. The highest BCUT2D eigenvalue weighted by atomic mass is 16.7. The second-order valence-corrected chi connectivity index (χ2v) is 31.5. The van der Waals surface area contributed by atoms with Crippen molar-refractivity contribution in [1.82, 2.24) is 90.0 Å². The molecule has 6 saturated heterocycles. The number of hydrogen-bond acceptors (Lipinski definition) is 54. The Balaban J connectivity index is 0.871. The molecule has 132 heavy (non-hydrogen) atoms. The van der Waals surface area contributed by atoms with Gasteiger partial charge in [0.2, 0.25) is 0 Å². The lowest BCUT2D eigenvalue weighted by Gasteiger charge is -2.39. The number of rotatable bonds is 53. The smallest absolute Gasteiger partial charge is 0.186 e. The fraction of sp³-hybridized carbons (Fsp3) is 0.833. The molecule has 0 spiro atoms. The van der Waals surface area contributed by atoms with E-state index < -0.39 is 288 Å². The van der Waals surface area contributed by atoms with Crippen LogP contribution in [-0.2, 0) is 164 Å². The number of nitrogens with zero attached hydrogens (tertiary/aromatic N) is 18. The van der Waals surface area contributed by atoms with E-state index in [0.717, 1.165) is 0 Å². The fourth-order valence-electron chi connectivity index (χ4n) is 14.5. The third-order valence-corrected chi connectivity index (χ3v) is 22.1. The number of ether oxygens (including phenoxy) is 18. The van der Waals surface area contributed by atoms with Crippen molar-refractivity contribution < 1.29 is 208 Å². The summed E-state index contributed by atoms with van der Waals surface area (Å²) >= 11 is 0. The van der Waals surface area contributed by atoms with E-state index in [1.165, 1.54) is 65.3 Å². The maximum Gasteiger partial charge on any atom is 0.186 e. The van der Waals surface area contributed by atoms with Gasteiger partial charge < -0.3 is 208 Å². The third kappa shape index (κ3) is 27.4. The number of aromatic nitrogens is 18. The molecule has 0 bridgehead atoms. The summed E-state index contributed by atoms with van der Waals surface area (Å²) in [5, 5.41) is 299. The minimum atomic E-state index is -1.76. The van der Waals surface area contributed by atoms with Crippen LogP contribution in [0.5, 0.6) is 0 Å². The lowest BCUT2D eigenvalue weighted by Crippen LogP contribution is -2.59. The van der Waals surface area contributed by atoms with E-state index in [9.17, 15) is 123 Å². The summed E-state index contributed by atoms with van der Waals surface area (Å²) in [5.41, 5.74) is 0.842. The monoisotopic (exact) mass is 1900 g/mol. The Labute approximate surface area is 746 Å². The molecule has 6 aliphatic heterocycles. The number of aliphatic hydroxyl groups excluding tert-OH is 24. The molecule has 0 aromatic carbocycles. The Bertz CT molecular complexity index is 4010. The van der Waals surface area contributed by atoms with Crippen molar-refractivity contribution in [2.24, 2.45) is 0 Å². The number of hydrogen-bond donors (Lipinski definition) is 24. The first-order chi connectivity index (χ1) is 63.6. The van der Waals surface area contributed by atoms with E-state index in [-0.39, 0.29) is 126 Å². The fourth-order valence-corrected chi connectivity index (χ4v) is 14.5. The SMILES string of the molecule is OC[C@H]1O[C@H](OCCn2cc(COC[C@@H](OCc3cn(CCO[C@H]4O[C@H](CO)[C@@H](O)[C@H](O)[C@@H]4O)nn3)[C@@H](OCc3cn(CCO[C@H]4O[C@H](CO)[C@@H](O)[C@H](O)[C@@H]4O)nn3)[C@H](OCc3cn(CCO[C@H]4O[C@H](CO)[C@@H](O)[C@H](O)[C@@H]4O)nn3)[C@@H](COCc3cn(CCO[C@H]4O[C@H](CO)[C@@H](O)[C@H](O)[C@@H]4O)nn3)OCc3cn(CCO[C@H]4O[C@H](CO)[C@@H](O)[C@H](O)[C@@H]4O)nn3)nn2)[C@@H](O)[C@@H](O)[C@@H]1O. The molecule has 0 unspecified atom stereocenters.